The normalized spacial score (nSPS) is 12.2. The molecule has 0 fully saturated rings. The summed E-state index contributed by atoms with van der Waals surface area (Å²) in [7, 11) is 0. The van der Waals surface area contributed by atoms with E-state index in [-0.39, 0.29) is 5.41 Å². The van der Waals surface area contributed by atoms with Gasteiger partial charge in [-0.15, -0.1) is 0 Å². The maximum absolute atomic E-state index is 2.36. The third-order valence-electron chi connectivity index (χ3n) is 8.69. The minimum absolute atomic E-state index is 0.1000. The van der Waals surface area contributed by atoms with Gasteiger partial charge < -0.3 is 0 Å². The summed E-state index contributed by atoms with van der Waals surface area (Å²) in [5.41, 5.74) is 12.6. The molecule has 0 bridgehead atoms. The average molecular weight is 607 g/mol. The van der Waals surface area contributed by atoms with Gasteiger partial charge in [-0.05, 0) is 73.8 Å². The van der Waals surface area contributed by atoms with Crippen LogP contribution in [0.15, 0.2) is 140 Å². The summed E-state index contributed by atoms with van der Waals surface area (Å²) >= 11 is 0. The summed E-state index contributed by atoms with van der Waals surface area (Å²) in [5.74, 6) is 0.558. The first-order valence-electron chi connectivity index (χ1n) is 17.5. The highest BCUT2D eigenvalue weighted by atomic mass is 14.4. The molecule has 0 saturated heterocycles. The minimum Gasteiger partial charge on any atom is -0.0683 e. The number of hydrogen-bond donors (Lipinski definition) is 0. The van der Waals surface area contributed by atoms with Crippen LogP contribution >= 0.6 is 0 Å². The topological polar surface area (TPSA) is 0 Å². The van der Waals surface area contributed by atoms with E-state index >= 15 is 0 Å². The van der Waals surface area contributed by atoms with Crippen LogP contribution < -0.4 is 0 Å². The molecule has 8 rings (SSSR count). The van der Waals surface area contributed by atoms with Gasteiger partial charge in [0.25, 0.3) is 0 Å². The van der Waals surface area contributed by atoms with Crippen molar-refractivity contribution < 1.29 is 0 Å². The van der Waals surface area contributed by atoms with E-state index in [0.717, 1.165) is 0 Å². The summed E-state index contributed by atoms with van der Waals surface area (Å²) in [6.07, 6.45) is 0. The lowest BCUT2D eigenvalue weighted by Gasteiger charge is -2.28. The van der Waals surface area contributed by atoms with Crippen LogP contribution in [-0.2, 0) is 5.41 Å². The summed E-state index contributed by atoms with van der Waals surface area (Å²) in [6, 6.07) is 50.6. The average Bonchev–Trinajstić information content (AvgIpc) is 3.60. The standard InChI is InChI=1S/C24H18.C14H12.4C2H6/c1-24(19-15-14-17-8-2-3-9-18(17)16-19)22-12-6-4-10-20(22)21-11-5-7-13-23(21)24;1-10-11-6-2-4-8-13(11)14-9-5-3-7-12(10)14;4*1-2/h2-16H,1H3;2-10H,1H3;4*1-2H3. The Balaban J connectivity index is 0.000000224. The van der Waals surface area contributed by atoms with Crippen molar-refractivity contribution in [1.29, 1.82) is 0 Å². The Morgan fingerprint density at radius 1 is 0.391 bits per heavy atom. The maximum Gasteiger partial charge on any atom is 0.0435 e. The molecule has 0 nitrogen and oxygen atoms in total. The van der Waals surface area contributed by atoms with Crippen LogP contribution in [0, 0.1) is 0 Å². The van der Waals surface area contributed by atoms with Crippen molar-refractivity contribution >= 4 is 10.8 Å². The fourth-order valence-electron chi connectivity index (χ4n) is 6.67. The Hall–Kier alpha value is -4.42. The number of fused-ring (bicyclic) bond motifs is 7. The minimum atomic E-state index is -0.1000. The van der Waals surface area contributed by atoms with Gasteiger partial charge in [0.05, 0.1) is 0 Å². The van der Waals surface area contributed by atoms with E-state index in [4.69, 9.17) is 0 Å². The second-order valence-electron chi connectivity index (χ2n) is 10.7. The smallest absolute Gasteiger partial charge is 0.0435 e. The molecule has 0 heteroatoms. The van der Waals surface area contributed by atoms with E-state index in [1.807, 2.05) is 55.4 Å². The first-order valence-corrected chi connectivity index (χ1v) is 17.5. The quantitative estimate of drug-likeness (QED) is 0.175. The number of hydrogen-bond acceptors (Lipinski definition) is 0. The third kappa shape index (κ3) is 6.73. The molecule has 6 aromatic rings. The van der Waals surface area contributed by atoms with Crippen molar-refractivity contribution in [2.75, 3.05) is 0 Å². The van der Waals surface area contributed by atoms with Gasteiger partial charge in [0.1, 0.15) is 0 Å². The molecule has 0 heterocycles. The number of benzene rings is 6. The first-order chi connectivity index (χ1) is 22.7. The molecule has 46 heavy (non-hydrogen) atoms. The molecule has 0 radical (unpaired) electrons. The fraction of sp³-hybridized carbons (Fsp3) is 0.261. The molecule has 0 aromatic heterocycles. The molecule has 6 aromatic carbocycles. The van der Waals surface area contributed by atoms with Crippen molar-refractivity contribution in [1.82, 2.24) is 0 Å². The molecule has 0 saturated carbocycles. The molecule has 0 aliphatic heterocycles. The lowest BCUT2D eigenvalue weighted by atomic mass is 9.74. The van der Waals surface area contributed by atoms with Crippen molar-refractivity contribution in [2.24, 2.45) is 0 Å². The predicted molar refractivity (Wildman–Crippen MR) is 206 cm³/mol. The Kier molecular flexibility index (Phi) is 13.6. The van der Waals surface area contributed by atoms with Gasteiger partial charge in [0.15, 0.2) is 0 Å². The SMILES string of the molecule is CC.CC.CC.CC.CC1(c2ccc3ccccc3c2)c2ccccc2-c2ccccc21.CC1c2ccccc2-c2ccccc21. The third-order valence-corrected chi connectivity index (χ3v) is 8.69. The highest BCUT2D eigenvalue weighted by Crippen LogP contribution is 2.52. The van der Waals surface area contributed by atoms with Gasteiger partial charge in [-0.3, -0.25) is 0 Å². The molecule has 0 N–H and O–H groups in total. The fourth-order valence-corrected chi connectivity index (χ4v) is 6.67. The lowest BCUT2D eigenvalue weighted by molar-refractivity contribution is 0.715. The first kappa shape index (κ1) is 36.1. The summed E-state index contributed by atoms with van der Waals surface area (Å²) in [4.78, 5) is 0. The number of rotatable bonds is 1. The molecule has 2 aliphatic carbocycles. The molecule has 0 spiro atoms. The summed E-state index contributed by atoms with van der Waals surface area (Å²) in [5, 5.41) is 2.60. The van der Waals surface area contributed by atoms with Crippen LogP contribution in [0.1, 0.15) is 103 Å². The second kappa shape index (κ2) is 17.3. The van der Waals surface area contributed by atoms with E-state index in [0.29, 0.717) is 5.92 Å². The Bertz CT molecular complexity index is 1710. The summed E-state index contributed by atoms with van der Waals surface area (Å²) in [6.45, 7) is 20.6. The zero-order chi connectivity index (χ0) is 33.7. The lowest BCUT2D eigenvalue weighted by Crippen LogP contribution is -2.22. The van der Waals surface area contributed by atoms with Crippen LogP contribution in [0.2, 0.25) is 0 Å². The highest BCUT2D eigenvalue weighted by molar-refractivity contribution is 5.87. The molecular formula is C46H54. The predicted octanol–water partition coefficient (Wildman–Crippen LogP) is 14.1. The highest BCUT2D eigenvalue weighted by Gasteiger charge is 2.40. The van der Waals surface area contributed by atoms with E-state index in [2.05, 4.69) is 153 Å². The van der Waals surface area contributed by atoms with Gasteiger partial charge in [-0.1, -0.05) is 196 Å². The molecule has 2 aliphatic rings. The molecular weight excluding hydrogens is 553 g/mol. The summed E-state index contributed by atoms with van der Waals surface area (Å²) < 4.78 is 0. The molecule has 0 amide bonds. The Morgan fingerprint density at radius 3 is 1.24 bits per heavy atom. The molecule has 0 unspecified atom stereocenters. The van der Waals surface area contributed by atoms with Crippen LogP contribution in [0.25, 0.3) is 33.0 Å². The molecule has 238 valence electrons. The van der Waals surface area contributed by atoms with E-state index in [1.54, 1.807) is 0 Å². The van der Waals surface area contributed by atoms with Crippen molar-refractivity contribution in [3.05, 3.63) is 167 Å². The van der Waals surface area contributed by atoms with E-state index in [9.17, 15) is 0 Å². The van der Waals surface area contributed by atoms with Crippen molar-refractivity contribution in [3.8, 4) is 22.3 Å². The molecule has 0 atom stereocenters. The van der Waals surface area contributed by atoms with E-state index < -0.39 is 0 Å². The van der Waals surface area contributed by atoms with Crippen molar-refractivity contribution in [3.63, 3.8) is 0 Å². The van der Waals surface area contributed by atoms with E-state index in [1.165, 1.54) is 60.8 Å². The maximum atomic E-state index is 2.36. The van der Waals surface area contributed by atoms with Gasteiger partial charge in [-0.25, -0.2) is 0 Å². The van der Waals surface area contributed by atoms with Gasteiger partial charge in [0.2, 0.25) is 0 Å². The van der Waals surface area contributed by atoms with Gasteiger partial charge >= 0.3 is 0 Å². The Morgan fingerprint density at radius 2 is 0.761 bits per heavy atom. The van der Waals surface area contributed by atoms with Crippen LogP contribution in [0.5, 0.6) is 0 Å². The van der Waals surface area contributed by atoms with Crippen LogP contribution in [0.4, 0.5) is 0 Å². The monoisotopic (exact) mass is 606 g/mol. The Labute approximate surface area is 280 Å². The van der Waals surface area contributed by atoms with Crippen LogP contribution in [0.3, 0.4) is 0 Å². The van der Waals surface area contributed by atoms with Crippen LogP contribution in [-0.4, -0.2) is 0 Å². The van der Waals surface area contributed by atoms with Gasteiger partial charge in [0, 0.05) is 11.3 Å². The second-order valence-corrected chi connectivity index (χ2v) is 10.7. The van der Waals surface area contributed by atoms with Gasteiger partial charge in [-0.2, -0.15) is 0 Å². The zero-order valence-corrected chi connectivity index (χ0v) is 29.9. The van der Waals surface area contributed by atoms with Crippen molar-refractivity contribution in [2.45, 2.75) is 80.6 Å². The largest absolute Gasteiger partial charge is 0.0683 e. The zero-order valence-electron chi connectivity index (χ0n) is 29.9.